The highest BCUT2D eigenvalue weighted by Crippen LogP contribution is 2.40. The third-order valence-electron chi connectivity index (χ3n) is 13.3. The number of methoxy groups -OCH3 is 1. The summed E-state index contributed by atoms with van der Waals surface area (Å²) in [6.45, 7) is 1.83. The summed E-state index contributed by atoms with van der Waals surface area (Å²) in [5, 5.41) is 0. The molecule has 0 aliphatic carbocycles. The van der Waals surface area contributed by atoms with Crippen LogP contribution in [-0.2, 0) is 91.7 Å². The molecule has 3 heterocycles. The molecule has 0 N–H and O–H groups in total. The summed E-state index contributed by atoms with van der Waals surface area (Å²) in [6, 6.07) is 67.8. The van der Waals surface area contributed by atoms with E-state index < -0.39 is 67.7 Å². The van der Waals surface area contributed by atoms with Crippen molar-refractivity contribution in [2.24, 2.45) is 0 Å². The molecule has 0 radical (unpaired) electrons. The summed E-state index contributed by atoms with van der Waals surface area (Å²) in [5.41, 5.74) is 6.70. The van der Waals surface area contributed by atoms with Crippen LogP contribution in [0.1, 0.15) is 45.2 Å². The van der Waals surface area contributed by atoms with Crippen molar-refractivity contribution in [3.8, 4) is 5.75 Å². The van der Waals surface area contributed by atoms with Gasteiger partial charge in [-0.1, -0.05) is 194 Å². The molecule has 3 saturated heterocycles. The number of fused-ring (bicyclic) bond motifs is 1. The lowest BCUT2D eigenvalue weighted by Gasteiger charge is -2.51. The fourth-order valence-corrected chi connectivity index (χ4v) is 9.47. The largest absolute Gasteiger partial charge is 0.497 e. The summed E-state index contributed by atoms with van der Waals surface area (Å²) in [5.74, 6) is 0.746. The lowest BCUT2D eigenvalue weighted by atomic mass is 9.95. The first kappa shape index (κ1) is 51.4. The van der Waals surface area contributed by atoms with Crippen molar-refractivity contribution in [1.82, 2.24) is 0 Å². The van der Waals surface area contributed by atoms with Crippen molar-refractivity contribution >= 4 is 0 Å². The summed E-state index contributed by atoms with van der Waals surface area (Å²) >= 11 is 0. The monoisotopic (exact) mass is 1000 g/mol. The van der Waals surface area contributed by atoms with E-state index in [1.807, 2.05) is 206 Å². The van der Waals surface area contributed by atoms with E-state index in [9.17, 15) is 0 Å². The fraction of sp³-hybridized carbons (Fsp3) is 0.323. The number of hydrogen-bond donors (Lipinski definition) is 0. The Balaban J connectivity index is 1.03. The molecule has 7 aromatic rings. The Kier molecular flexibility index (Phi) is 18.3. The molecule has 384 valence electrons. The molecule has 3 fully saturated rings. The first-order valence-electron chi connectivity index (χ1n) is 25.4. The van der Waals surface area contributed by atoms with Crippen LogP contribution in [0.15, 0.2) is 206 Å². The van der Waals surface area contributed by atoms with E-state index >= 15 is 0 Å². The topological polar surface area (TPSA) is 111 Å². The van der Waals surface area contributed by atoms with Crippen LogP contribution in [0.25, 0.3) is 0 Å². The maximum absolute atomic E-state index is 7.50. The highest BCUT2D eigenvalue weighted by molar-refractivity contribution is 5.27. The summed E-state index contributed by atoms with van der Waals surface area (Å²) in [4.78, 5) is 0. The van der Waals surface area contributed by atoms with Crippen LogP contribution < -0.4 is 4.74 Å². The minimum absolute atomic E-state index is 0.109. The second-order valence-corrected chi connectivity index (χ2v) is 18.6. The molecule has 12 nitrogen and oxygen atoms in total. The van der Waals surface area contributed by atoms with Crippen LogP contribution in [0.3, 0.4) is 0 Å². The third kappa shape index (κ3) is 13.8. The molecule has 10 rings (SSSR count). The molecular weight excluding hydrogens is 937 g/mol. The molecule has 0 spiro atoms. The predicted octanol–water partition coefficient (Wildman–Crippen LogP) is 10.7. The van der Waals surface area contributed by atoms with Crippen molar-refractivity contribution in [2.75, 3.05) is 20.3 Å². The molecule has 7 aromatic carbocycles. The molecule has 3 aliphatic rings. The lowest BCUT2D eigenvalue weighted by Crippen LogP contribution is -2.67. The number of benzene rings is 7. The standard InChI is InChI=1S/C62H64O12/c1-63-51-34-32-49(33-35-51)40-66-57-55-53(43-70-60(73-55)50-30-18-7-19-31-50)72-62(59(57)68-39-47-26-14-5-15-27-47)74-54-52(42-64-36-44-20-8-2-9-21-44)71-61(69-41-48-28-16-6-17-29-48)58(67-38-46-24-12-4-13-25-46)56(54)65-37-45-22-10-3-11-23-45/h2-35,52-62H,36-43H2,1H3/t52-,53-,54-,55+,56+,57+,58-,59-,60?,61-,62+/m1/s1. The fourth-order valence-electron chi connectivity index (χ4n) is 9.47. The zero-order chi connectivity index (χ0) is 50.2. The summed E-state index contributed by atoms with van der Waals surface area (Å²) in [7, 11) is 1.65. The Hall–Kier alpha value is -6.10. The van der Waals surface area contributed by atoms with Gasteiger partial charge >= 0.3 is 0 Å². The molecule has 74 heavy (non-hydrogen) atoms. The Bertz CT molecular complexity index is 2670. The van der Waals surface area contributed by atoms with E-state index in [1.54, 1.807) is 7.11 Å². The number of ether oxygens (including phenoxy) is 12. The molecule has 0 bridgehead atoms. The number of rotatable bonds is 23. The average molecular weight is 1000 g/mol. The van der Waals surface area contributed by atoms with Gasteiger partial charge in [0.05, 0.1) is 60.0 Å². The van der Waals surface area contributed by atoms with E-state index in [0.29, 0.717) is 6.61 Å². The van der Waals surface area contributed by atoms with Gasteiger partial charge in [-0.2, -0.15) is 0 Å². The van der Waals surface area contributed by atoms with Gasteiger partial charge in [0.25, 0.3) is 0 Å². The van der Waals surface area contributed by atoms with Crippen molar-refractivity contribution < 1.29 is 56.8 Å². The Morgan fingerprint density at radius 3 is 1.34 bits per heavy atom. The number of hydrogen-bond acceptors (Lipinski definition) is 12. The van der Waals surface area contributed by atoms with Crippen LogP contribution in [-0.4, -0.2) is 81.7 Å². The maximum Gasteiger partial charge on any atom is 0.187 e. The van der Waals surface area contributed by atoms with E-state index in [0.717, 1.165) is 44.7 Å². The predicted molar refractivity (Wildman–Crippen MR) is 276 cm³/mol. The van der Waals surface area contributed by atoms with Crippen molar-refractivity contribution in [3.63, 3.8) is 0 Å². The van der Waals surface area contributed by atoms with Gasteiger partial charge in [-0.15, -0.1) is 0 Å². The highest BCUT2D eigenvalue weighted by Gasteiger charge is 2.56. The zero-order valence-electron chi connectivity index (χ0n) is 41.5. The lowest BCUT2D eigenvalue weighted by molar-refractivity contribution is -0.398. The van der Waals surface area contributed by atoms with Crippen LogP contribution in [0.5, 0.6) is 5.75 Å². The second kappa shape index (κ2) is 26.4. The molecule has 12 heteroatoms. The Morgan fingerprint density at radius 2 is 0.824 bits per heavy atom. The first-order valence-corrected chi connectivity index (χ1v) is 25.4. The molecule has 11 atom stereocenters. The second-order valence-electron chi connectivity index (χ2n) is 18.6. The molecular formula is C62H64O12. The van der Waals surface area contributed by atoms with Crippen LogP contribution >= 0.6 is 0 Å². The van der Waals surface area contributed by atoms with Gasteiger partial charge in [-0.3, -0.25) is 0 Å². The van der Waals surface area contributed by atoms with Gasteiger partial charge in [0.1, 0.15) is 54.6 Å². The van der Waals surface area contributed by atoms with Gasteiger partial charge < -0.3 is 56.8 Å². The normalized spacial score (nSPS) is 25.7. The minimum atomic E-state index is -1.08. The maximum atomic E-state index is 7.50. The molecule has 0 amide bonds. The van der Waals surface area contributed by atoms with Gasteiger partial charge in [0.15, 0.2) is 18.9 Å². The van der Waals surface area contributed by atoms with E-state index in [1.165, 1.54) is 0 Å². The first-order chi connectivity index (χ1) is 36.6. The van der Waals surface area contributed by atoms with Crippen molar-refractivity contribution in [2.45, 2.75) is 107 Å². The van der Waals surface area contributed by atoms with Gasteiger partial charge in [-0.05, 0) is 45.5 Å². The van der Waals surface area contributed by atoms with E-state index in [4.69, 9.17) is 56.8 Å². The third-order valence-corrected chi connectivity index (χ3v) is 13.3. The van der Waals surface area contributed by atoms with Gasteiger partial charge in [-0.25, -0.2) is 0 Å². The SMILES string of the molecule is COc1ccc(CO[C@H]2[C@H]3OC(c4ccccc4)OC[C@H]3O[C@@H](O[C@H]3[C@H](OCc4ccccc4)[C@@H](OCc4ccccc4)[C@H](OCc4ccccc4)O[C@@H]3COCc3ccccc3)[C@@H]2OCc2ccccc2)cc1. The Morgan fingerprint density at radius 1 is 0.392 bits per heavy atom. The van der Waals surface area contributed by atoms with Crippen LogP contribution in [0, 0.1) is 0 Å². The summed E-state index contributed by atoms with van der Waals surface area (Å²) < 4.78 is 82.0. The summed E-state index contributed by atoms with van der Waals surface area (Å²) in [6.07, 6.45) is -8.81. The minimum Gasteiger partial charge on any atom is -0.497 e. The van der Waals surface area contributed by atoms with Crippen molar-refractivity contribution in [3.05, 3.63) is 245 Å². The smallest absolute Gasteiger partial charge is 0.187 e. The van der Waals surface area contributed by atoms with Crippen molar-refractivity contribution in [1.29, 1.82) is 0 Å². The quantitative estimate of drug-likeness (QED) is 0.0608. The molecule has 0 saturated carbocycles. The molecule has 0 aromatic heterocycles. The average Bonchev–Trinajstić information content (AvgIpc) is 3.47. The van der Waals surface area contributed by atoms with E-state index in [2.05, 4.69) is 0 Å². The van der Waals surface area contributed by atoms with Crippen LogP contribution in [0.4, 0.5) is 0 Å². The zero-order valence-corrected chi connectivity index (χ0v) is 41.5. The van der Waals surface area contributed by atoms with Gasteiger partial charge in [0.2, 0.25) is 0 Å². The molecule has 1 unspecified atom stereocenters. The Labute approximate surface area is 433 Å². The highest BCUT2D eigenvalue weighted by atomic mass is 16.8. The molecule has 3 aliphatic heterocycles. The van der Waals surface area contributed by atoms with Gasteiger partial charge in [0, 0.05) is 5.56 Å². The van der Waals surface area contributed by atoms with Crippen LogP contribution in [0.2, 0.25) is 0 Å². The van der Waals surface area contributed by atoms with E-state index in [-0.39, 0.29) is 46.2 Å².